The average Bonchev–Trinajstić information content (AvgIpc) is 2.13. The summed E-state index contributed by atoms with van der Waals surface area (Å²) in [6, 6.07) is 0. The van der Waals surface area contributed by atoms with Gasteiger partial charge in [-0.15, -0.1) is 0 Å². The minimum absolute atomic E-state index is 0.227. The molecule has 1 unspecified atom stereocenters. The lowest BCUT2D eigenvalue weighted by Crippen LogP contribution is -2.11. The summed E-state index contributed by atoms with van der Waals surface area (Å²) in [7, 11) is 0. The van der Waals surface area contributed by atoms with Crippen molar-refractivity contribution >= 4 is 0 Å². The van der Waals surface area contributed by atoms with Crippen LogP contribution in [0, 0.1) is 11.8 Å². The smallest absolute Gasteiger partial charge is 0.133 e. The molecule has 1 N–H and O–H groups in total. The number of hydrogen-bond donors (Lipinski definition) is 1. The first kappa shape index (κ1) is 6.46. The molecule has 2 heteroatoms. The molecule has 0 spiro atoms. The van der Waals surface area contributed by atoms with Gasteiger partial charge in [-0.2, -0.15) is 0 Å². The van der Waals surface area contributed by atoms with Gasteiger partial charge in [-0.1, -0.05) is 13.8 Å². The highest BCUT2D eigenvalue weighted by Gasteiger charge is 2.22. The number of ether oxygens (including phenoxy) is 1. The highest BCUT2D eigenvalue weighted by molar-refractivity contribution is 4.98. The molecule has 0 aromatic rings. The molecule has 1 aliphatic heterocycles. The molecule has 1 rings (SSSR count). The maximum absolute atomic E-state index is 9.10. The predicted molar refractivity (Wildman–Crippen MR) is 35.0 cm³/mol. The van der Waals surface area contributed by atoms with E-state index in [1.54, 1.807) is 0 Å². The first-order chi connectivity index (χ1) is 4.22. The molecule has 1 aliphatic rings. The van der Waals surface area contributed by atoms with Gasteiger partial charge in [0.05, 0.1) is 12.5 Å². The van der Waals surface area contributed by atoms with Crippen molar-refractivity contribution in [3.63, 3.8) is 0 Å². The van der Waals surface area contributed by atoms with E-state index in [2.05, 4.69) is 13.8 Å². The van der Waals surface area contributed by atoms with Crippen molar-refractivity contribution in [3.05, 3.63) is 12.0 Å². The van der Waals surface area contributed by atoms with E-state index in [4.69, 9.17) is 9.84 Å². The summed E-state index contributed by atoms with van der Waals surface area (Å²) < 4.78 is 4.92. The molecule has 1 atom stereocenters. The Morgan fingerprint density at radius 2 is 2.44 bits per heavy atom. The predicted octanol–water partition coefficient (Wildman–Crippen LogP) is 1.69. The second-order valence-electron chi connectivity index (χ2n) is 2.73. The summed E-state index contributed by atoms with van der Waals surface area (Å²) in [4.78, 5) is 0. The van der Waals surface area contributed by atoms with Crippen molar-refractivity contribution in [2.45, 2.75) is 13.8 Å². The van der Waals surface area contributed by atoms with Crippen molar-refractivity contribution in [2.75, 3.05) is 6.61 Å². The molecule has 0 fully saturated rings. The second-order valence-corrected chi connectivity index (χ2v) is 2.73. The Morgan fingerprint density at radius 3 is 2.67 bits per heavy atom. The number of rotatable bonds is 1. The Balaban J connectivity index is 2.53. The quantitative estimate of drug-likeness (QED) is 0.582. The molecule has 1 heterocycles. The minimum atomic E-state index is 0.227. The van der Waals surface area contributed by atoms with Crippen molar-refractivity contribution in [1.82, 2.24) is 0 Å². The molecule has 0 radical (unpaired) electrons. The fraction of sp³-hybridized carbons (Fsp3) is 0.714. The van der Waals surface area contributed by atoms with Crippen LogP contribution in [0.1, 0.15) is 13.8 Å². The van der Waals surface area contributed by atoms with E-state index in [-0.39, 0.29) is 5.92 Å². The summed E-state index contributed by atoms with van der Waals surface area (Å²) in [5.74, 6) is 1.10. The molecule has 0 aromatic carbocycles. The van der Waals surface area contributed by atoms with Gasteiger partial charge < -0.3 is 9.84 Å². The molecule has 2 nitrogen and oxygen atoms in total. The molecule has 0 saturated heterocycles. The van der Waals surface area contributed by atoms with E-state index in [0.29, 0.717) is 18.3 Å². The van der Waals surface area contributed by atoms with Gasteiger partial charge in [-0.3, -0.25) is 0 Å². The van der Waals surface area contributed by atoms with E-state index in [9.17, 15) is 0 Å². The van der Waals surface area contributed by atoms with E-state index in [1.165, 1.54) is 6.26 Å². The Labute approximate surface area is 55.1 Å². The largest absolute Gasteiger partial charge is 0.509 e. The third-order valence-corrected chi connectivity index (χ3v) is 1.66. The van der Waals surface area contributed by atoms with Crippen LogP contribution >= 0.6 is 0 Å². The third kappa shape index (κ3) is 1.18. The number of aliphatic hydroxyl groups excluding tert-OH is 1. The summed E-state index contributed by atoms with van der Waals surface area (Å²) in [5, 5.41) is 9.10. The van der Waals surface area contributed by atoms with E-state index >= 15 is 0 Å². The number of hydrogen-bond acceptors (Lipinski definition) is 2. The zero-order valence-corrected chi connectivity index (χ0v) is 5.79. The monoisotopic (exact) mass is 128 g/mol. The maximum Gasteiger partial charge on any atom is 0.133 e. The number of aliphatic hydroxyl groups is 1. The van der Waals surface area contributed by atoms with Crippen LogP contribution in [0.4, 0.5) is 0 Å². The standard InChI is InChI=1S/C7H12O2/c1-5(2)6-3-9-4-7(6)8/h4-6,8H,3H2,1-2H3. The van der Waals surface area contributed by atoms with Crippen LogP contribution in [-0.2, 0) is 4.74 Å². The molecule has 0 bridgehead atoms. The summed E-state index contributed by atoms with van der Waals surface area (Å²) in [6.45, 7) is 4.79. The van der Waals surface area contributed by atoms with Crippen LogP contribution in [0.15, 0.2) is 12.0 Å². The lowest BCUT2D eigenvalue weighted by molar-refractivity contribution is 0.212. The average molecular weight is 128 g/mol. The van der Waals surface area contributed by atoms with Gasteiger partial charge in [0, 0.05) is 0 Å². The van der Waals surface area contributed by atoms with Crippen molar-refractivity contribution < 1.29 is 9.84 Å². The van der Waals surface area contributed by atoms with E-state index in [0.717, 1.165) is 0 Å². The molecule has 52 valence electrons. The second kappa shape index (κ2) is 2.29. The van der Waals surface area contributed by atoms with Crippen molar-refractivity contribution in [2.24, 2.45) is 11.8 Å². The van der Waals surface area contributed by atoms with Crippen LogP contribution < -0.4 is 0 Å². The van der Waals surface area contributed by atoms with Crippen LogP contribution in [0.25, 0.3) is 0 Å². The zero-order chi connectivity index (χ0) is 6.85. The first-order valence-corrected chi connectivity index (χ1v) is 3.22. The molecule has 0 aromatic heterocycles. The van der Waals surface area contributed by atoms with Crippen LogP contribution in [0.5, 0.6) is 0 Å². The zero-order valence-electron chi connectivity index (χ0n) is 5.79. The Kier molecular flexibility index (Phi) is 1.65. The van der Waals surface area contributed by atoms with Crippen molar-refractivity contribution in [1.29, 1.82) is 0 Å². The normalized spacial score (nSPS) is 26.1. The summed E-state index contributed by atoms with van der Waals surface area (Å²) in [6.07, 6.45) is 1.44. The highest BCUT2D eigenvalue weighted by Crippen LogP contribution is 2.23. The topological polar surface area (TPSA) is 29.5 Å². The minimum Gasteiger partial charge on any atom is -0.509 e. The van der Waals surface area contributed by atoms with E-state index in [1.807, 2.05) is 0 Å². The van der Waals surface area contributed by atoms with Gasteiger partial charge in [-0.25, -0.2) is 0 Å². The van der Waals surface area contributed by atoms with Gasteiger partial charge in [0.2, 0.25) is 0 Å². The van der Waals surface area contributed by atoms with Gasteiger partial charge >= 0.3 is 0 Å². The van der Waals surface area contributed by atoms with Gasteiger partial charge in [0.15, 0.2) is 0 Å². The van der Waals surface area contributed by atoms with Gasteiger partial charge in [0.1, 0.15) is 12.0 Å². The van der Waals surface area contributed by atoms with Crippen LogP contribution in [0.3, 0.4) is 0 Å². The van der Waals surface area contributed by atoms with Gasteiger partial charge in [-0.05, 0) is 5.92 Å². The fourth-order valence-corrected chi connectivity index (χ4v) is 0.944. The van der Waals surface area contributed by atoms with E-state index < -0.39 is 0 Å². The first-order valence-electron chi connectivity index (χ1n) is 3.22. The summed E-state index contributed by atoms with van der Waals surface area (Å²) >= 11 is 0. The Bertz CT molecular complexity index is 127. The van der Waals surface area contributed by atoms with Crippen LogP contribution in [0.2, 0.25) is 0 Å². The molecule has 0 amide bonds. The maximum atomic E-state index is 9.10. The molecular weight excluding hydrogens is 116 g/mol. The molecule has 9 heavy (non-hydrogen) atoms. The molecular formula is C7H12O2. The molecule has 0 saturated carbocycles. The van der Waals surface area contributed by atoms with Crippen molar-refractivity contribution in [3.8, 4) is 0 Å². The SMILES string of the molecule is CC(C)C1COC=C1O. The lowest BCUT2D eigenvalue weighted by atomic mass is 9.96. The third-order valence-electron chi connectivity index (χ3n) is 1.66. The Morgan fingerprint density at radius 1 is 1.78 bits per heavy atom. The lowest BCUT2D eigenvalue weighted by Gasteiger charge is -2.11. The fourth-order valence-electron chi connectivity index (χ4n) is 0.944. The highest BCUT2D eigenvalue weighted by atomic mass is 16.5. The van der Waals surface area contributed by atoms with Crippen LogP contribution in [-0.4, -0.2) is 11.7 Å². The van der Waals surface area contributed by atoms with Gasteiger partial charge in [0.25, 0.3) is 0 Å². The molecule has 0 aliphatic carbocycles. The Hall–Kier alpha value is -0.660. The summed E-state index contributed by atoms with van der Waals surface area (Å²) in [5.41, 5.74) is 0.